The maximum Gasteiger partial charge on any atom is 0.335 e. The maximum absolute atomic E-state index is 11.0. The molecule has 17 heavy (non-hydrogen) atoms. The van der Waals surface area contributed by atoms with Crippen LogP contribution in [0.1, 0.15) is 27.3 Å². The van der Waals surface area contributed by atoms with Crippen molar-refractivity contribution < 1.29 is 9.90 Å². The highest BCUT2D eigenvalue weighted by Crippen LogP contribution is 2.19. The first-order chi connectivity index (χ1) is 8.00. The Morgan fingerprint density at radius 3 is 2.53 bits per heavy atom. The van der Waals surface area contributed by atoms with Crippen LogP contribution < -0.4 is 0 Å². The summed E-state index contributed by atoms with van der Waals surface area (Å²) in [7, 11) is 0. The lowest BCUT2D eigenvalue weighted by atomic mass is 10.1. The van der Waals surface area contributed by atoms with E-state index in [-0.39, 0.29) is 5.56 Å². The number of aryl methyl sites for hydroxylation is 2. The predicted molar refractivity (Wildman–Crippen MR) is 64.7 cm³/mol. The van der Waals surface area contributed by atoms with E-state index < -0.39 is 5.97 Å². The molecule has 0 atom stereocenters. The van der Waals surface area contributed by atoms with Gasteiger partial charge >= 0.3 is 5.97 Å². The average molecular weight is 230 g/mol. The zero-order chi connectivity index (χ0) is 12.6. The Balaban J connectivity index is 2.62. The van der Waals surface area contributed by atoms with Crippen LogP contribution in [-0.2, 0) is 0 Å². The fraction of sp³-hybridized carbons (Fsp3) is 0.231. The van der Waals surface area contributed by atoms with Crippen molar-refractivity contribution in [1.82, 2.24) is 9.55 Å². The highest BCUT2D eigenvalue weighted by molar-refractivity contribution is 5.88. The third kappa shape index (κ3) is 1.93. The Hall–Kier alpha value is -2.10. The Bertz CT molecular complexity index is 585. The van der Waals surface area contributed by atoms with Crippen LogP contribution in [0.15, 0.2) is 24.5 Å². The zero-order valence-corrected chi connectivity index (χ0v) is 10.1. The maximum atomic E-state index is 11.0. The van der Waals surface area contributed by atoms with Gasteiger partial charge in [0.15, 0.2) is 0 Å². The molecule has 0 spiro atoms. The van der Waals surface area contributed by atoms with Crippen molar-refractivity contribution in [2.75, 3.05) is 0 Å². The molecular weight excluding hydrogens is 216 g/mol. The molecule has 0 saturated heterocycles. The summed E-state index contributed by atoms with van der Waals surface area (Å²) in [6, 6.07) is 5.10. The van der Waals surface area contributed by atoms with E-state index in [9.17, 15) is 4.79 Å². The van der Waals surface area contributed by atoms with E-state index in [4.69, 9.17) is 5.11 Å². The van der Waals surface area contributed by atoms with Crippen molar-refractivity contribution in [2.24, 2.45) is 0 Å². The van der Waals surface area contributed by atoms with E-state index in [1.54, 1.807) is 18.5 Å². The van der Waals surface area contributed by atoms with Gasteiger partial charge < -0.3 is 9.67 Å². The average Bonchev–Trinajstić information content (AvgIpc) is 2.60. The topological polar surface area (TPSA) is 55.1 Å². The lowest BCUT2D eigenvalue weighted by Crippen LogP contribution is -2.02. The van der Waals surface area contributed by atoms with Crippen LogP contribution in [0, 0.1) is 20.8 Å². The number of aromatic carboxylic acids is 1. The van der Waals surface area contributed by atoms with Crippen LogP contribution >= 0.6 is 0 Å². The van der Waals surface area contributed by atoms with E-state index >= 15 is 0 Å². The second-order valence-corrected chi connectivity index (χ2v) is 4.09. The quantitative estimate of drug-likeness (QED) is 0.862. The van der Waals surface area contributed by atoms with Gasteiger partial charge in [0.1, 0.15) is 0 Å². The van der Waals surface area contributed by atoms with Gasteiger partial charge in [-0.1, -0.05) is 6.07 Å². The van der Waals surface area contributed by atoms with Gasteiger partial charge in [-0.2, -0.15) is 0 Å². The molecule has 1 N–H and O–H groups in total. The highest BCUT2D eigenvalue weighted by atomic mass is 16.4. The normalized spacial score (nSPS) is 10.5. The SMILES string of the molecule is Cc1ccc(C(=O)O)cc1-n1cnc(C)c1C. The lowest BCUT2D eigenvalue weighted by Gasteiger charge is -2.10. The molecule has 0 aliphatic carbocycles. The predicted octanol–water partition coefficient (Wildman–Crippen LogP) is 2.50. The van der Waals surface area contributed by atoms with Crippen LogP contribution in [-0.4, -0.2) is 20.6 Å². The molecule has 0 aliphatic rings. The molecule has 0 aliphatic heterocycles. The molecule has 0 saturated carbocycles. The Morgan fingerprint density at radius 2 is 2.00 bits per heavy atom. The van der Waals surface area contributed by atoms with Crippen molar-refractivity contribution in [2.45, 2.75) is 20.8 Å². The summed E-state index contributed by atoms with van der Waals surface area (Å²) >= 11 is 0. The zero-order valence-electron chi connectivity index (χ0n) is 10.1. The van der Waals surface area contributed by atoms with Crippen LogP contribution in [0.4, 0.5) is 0 Å². The van der Waals surface area contributed by atoms with E-state index in [2.05, 4.69) is 4.98 Å². The molecular formula is C13H14N2O2. The van der Waals surface area contributed by atoms with E-state index in [1.165, 1.54) is 0 Å². The van der Waals surface area contributed by atoms with E-state index in [1.807, 2.05) is 31.4 Å². The summed E-state index contributed by atoms with van der Waals surface area (Å²) in [6.45, 7) is 5.85. The van der Waals surface area contributed by atoms with Gasteiger partial charge in [-0.3, -0.25) is 0 Å². The van der Waals surface area contributed by atoms with Crippen LogP contribution in [0.5, 0.6) is 0 Å². The van der Waals surface area contributed by atoms with Crippen LogP contribution in [0.2, 0.25) is 0 Å². The molecule has 4 heteroatoms. The molecule has 1 heterocycles. The summed E-state index contributed by atoms with van der Waals surface area (Å²) in [6.07, 6.45) is 1.72. The number of imidazole rings is 1. The van der Waals surface area contributed by atoms with Crippen molar-refractivity contribution in [3.8, 4) is 5.69 Å². The molecule has 88 valence electrons. The second kappa shape index (κ2) is 4.05. The summed E-state index contributed by atoms with van der Waals surface area (Å²) < 4.78 is 1.91. The first-order valence-corrected chi connectivity index (χ1v) is 5.35. The largest absolute Gasteiger partial charge is 0.478 e. The number of benzene rings is 1. The third-order valence-electron chi connectivity index (χ3n) is 2.97. The highest BCUT2D eigenvalue weighted by Gasteiger charge is 2.10. The van der Waals surface area contributed by atoms with Gasteiger partial charge in [0.25, 0.3) is 0 Å². The van der Waals surface area contributed by atoms with Gasteiger partial charge in [0.2, 0.25) is 0 Å². The van der Waals surface area contributed by atoms with E-state index in [0.717, 1.165) is 22.6 Å². The lowest BCUT2D eigenvalue weighted by molar-refractivity contribution is 0.0697. The molecule has 1 aromatic heterocycles. The molecule has 0 unspecified atom stereocenters. The van der Waals surface area contributed by atoms with Crippen LogP contribution in [0.3, 0.4) is 0 Å². The van der Waals surface area contributed by atoms with Crippen molar-refractivity contribution in [3.05, 3.63) is 47.0 Å². The first-order valence-electron chi connectivity index (χ1n) is 5.35. The minimum absolute atomic E-state index is 0.288. The number of rotatable bonds is 2. The molecule has 2 aromatic rings. The monoisotopic (exact) mass is 230 g/mol. The number of aromatic nitrogens is 2. The molecule has 0 bridgehead atoms. The van der Waals surface area contributed by atoms with Gasteiger partial charge in [0.05, 0.1) is 23.3 Å². The van der Waals surface area contributed by atoms with Gasteiger partial charge in [-0.05, 0) is 38.5 Å². The van der Waals surface area contributed by atoms with Crippen molar-refractivity contribution in [3.63, 3.8) is 0 Å². The van der Waals surface area contributed by atoms with Crippen molar-refractivity contribution >= 4 is 5.97 Å². The molecule has 0 radical (unpaired) electrons. The number of nitrogens with zero attached hydrogens (tertiary/aromatic N) is 2. The number of hydrogen-bond acceptors (Lipinski definition) is 2. The minimum atomic E-state index is -0.916. The number of carbonyl (C=O) groups is 1. The smallest absolute Gasteiger partial charge is 0.335 e. The van der Waals surface area contributed by atoms with Crippen LogP contribution in [0.25, 0.3) is 5.69 Å². The molecule has 1 aromatic carbocycles. The van der Waals surface area contributed by atoms with Crippen molar-refractivity contribution in [1.29, 1.82) is 0 Å². The number of hydrogen-bond donors (Lipinski definition) is 1. The molecule has 2 rings (SSSR count). The molecule has 0 fully saturated rings. The summed E-state index contributed by atoms with van der Waals surface area (Å²) in [4.78, 5) is 15.2. The standard InChI is InChI=1S/C13H14N2O2/c1-8-4-5-11(13(16)17)6-12(8)15-7-14-9(2)10(15)3/h4-7H,1-3H3,(H,16,17). The fourth-order valence-electron chi connectivity index (χ4n) is 1.74. The van der Waals surface area contributed by atoms with Gasteiger partial charge in [-0.25, -0.2) is 9.78 Å². The molecule has 4 nitrogen and oxygen atoms in total. The van der Waals surface area contributed by atoms with Gasteiger partial charge in [0, 0.05) is 5.69 Å². The van der Waals surface area contributed by atoms with E-state index in [0.29, 0.717) is 0 Å². The first kappa shape index (κ1) is 11.4. The Labute approximate surface area is 99.5 Å². The summed E-state index contributed by atoms with van der Waals surface area (Å²) in [5.74, 6) is -0.916. The van der Waals surface area contributed by atoms with Gasteiger partial charge in [-0.15, -0.1) is 0 Å². The second-order valence-electron chi connectivity index (χ2n) is 4.09. The molecule has 0 amide bonds. The Kier molecular flexibility index (Phi) is 2.71. The Morgan fingerprint density at radius 1 is 1.29 bits per heavy atom. The fourth-order valence-corrected chi connectivity index (χ4v) is 1.74. The third-order valence-corrected chi connectivity index (χ3v) is 2.97. The summed E-state index contributed by atoms with van der Waals surface area (Å²) in [5.41, 5.74) is 4.15. The number of carboxylic acids is 1. The minimum Gasteiger partial charge on any atom is -0.478 e. The number of carboxylic acid groups (broad SMARTS) is 1. The summed E-state index contributed by atoms with van der Waals surface area (Å²) in [5, 5.41) is 9.00.